The SMILES string of the molecule is CCOC(=O)c1sc(C)nc1OCC(=O)OC(C)(C)C. The molecule has 20 heavy (non-hydrogen) atoms. The highest BCUT2D eigenvalue weighted by Gasteiger charge is 2.22. The Morgan fingerprint density at radius 3 is 2.50 bits per heavy atom. The first kappa shape index (κ1) is 16.4. The van der Waals surface area contributed by atoms with Gasteiger partial charge >= 0.3 is 11.9 Å². The molecule has 0 N–H and O–H groups in total. The van der Waals surface area contributed by atoms with Crippen molar-refractivity contribution in [1.82, 2.24) is 4.98 Å². The summed E-state index contributed by atoms with van der Waals surface area (Å²) in [5, 5.41) is 0.659. The van der Waals surface area contributed by atoms with Gasteiger partial charge in [-0.05, 0) is 34.6 Å². The lowest BCUT2D eigenvalue weighted by molar-refractivity contribution is -0.157. The third-order valence-electron chi connectivity index (χ3n) is 1.91. The summed E-state index contributed by atoms with van der Waals surface area (Å²) >= 11 is 1.16. The maximum Gasteiger partial charge on any atom is 0.353 e. The Bertz CT molecular complexity index is 489. The van der Waals surface area contributed by atoms with Crippen LogP contribution in [0.1, 0.15) is 42.4 Å². The minimum Gasteiger partial charge on any atom is -0.464 e. The summed E-state index contributed by atoms with van der Waals surface area (Å²) in [4.78, 5) is 27.6. The van der Waals surface area contributed by atoms with E-state index >= 15 is 0 Å². The van der Waals surface area contributed by atoms with Gasteiger partial charge in [-0.1, -0.05) is 0 Å². The Morgan fingerprint density at radius 2 is 1.95 bits per heavy atom. The van der Waals surface area contributed by atoms with Crippen molar-refractivity contribution in [3.05, 3.63) is 9.88 Å². The molecule has 0 atom stereocenters. The van der Waals surface area contributed by atoms with Gasteiger partial charge in [0.15, 0.2) is 11.5 Å². The van der Waals surface area contributed by atoms with Gasteiger partial charge in [0.25, 0.3) is 0 Å². The number of aryl methyl sites for hydroxylation is 1. The number of hydrogen-bond donors (Lipinski definition) is 0. The van der Waals surface area contributed by atoms with E-state index in [4.69, 9.17) is 14.2 Å². The first-order valence-corrected chi connectivity index (χ1v) is 7.03. The van der Waals surface area contributed by atoms with Crippen molar-refractivity contribution in [2.24, 2.45) is 0 Å². The fourth-order valence-corrected chi connectivity index (χ4v) is 2.09. The first-order chi connectivity index (χ1) is 9.23. The van der Waals surface area contributed by atoms with Crippen molar-refractivity contribution in [3.63, 3.8) is 0 Å². The van der Waals surface area contributed by atoms with E-state index in [-0.39, 0.29) is 24.0 Å². The summed E-state index contributed by atoms with van der Waals surface area (Å²) in [5.41, 5.74) is -0.581. The number of nitrogens with zero attached hydrogens (tertiary/aromatic N) is 1. The van der Waals surface area contributed by atoms with Gasteiger partial charge in [0.1, 0.15) is 5.60 Å². The number of aromatic nitrogens is 1. The minimum absolute atomic E-state index is 0.108. The fraction of sp³-hybridized carbons (Fsp3) is 0.615. The second-order valence-electron chi connectivity index (χ2n) is 4.96. The van der Waals surface area contributed by atoms with Crippen LogP contribution in [0.25, 0.3) is 0 Å². The minimum atomic E-state index is -0.581. The highest BCUT2D eigenvalue weighted by molar-refractivity contribution is 7.13. The summed E-state index contributed by atoms with van der Waals surface area (Å²) in [6.07, 6.45) is 0. The topological polar surface area (TPSA) is 74.7 Å². The molecule has 0 unspecified atom stereocenters. The molecule has 0 radical (unpaired) electrons. The maximum absolute atomic E-state index is 11.7. The molecule has 0 amide bonds. The Kier molecular flexibility index (Phi) is 5.50. The second-order valence-corrected chi connectivity index (χ2v) is 6.17. The summed E-state index contributed by atoms with van der Waals surface area (Å²) in [5.74, 6) is -0.910. The Morgan fingerprint density at radius 1 is 1.30 bits per heavy atom. The van der Waals surface area contributed by atoms with Crippen molar-refractivity contribution in [2.75, 3.05) is 13.2 Å². The van der Waals surface area contributed by atoms with Crippen LogP contribution >= 0.6 is 11.3 Å². The van der Waals surface area contributed by atoms with Crippen LogP contribution in [-0.4, -0.2) is 35.7 Å². The third-order valence-corrected chi connectivity index (χ3v) is 2.84. The molecule has 0 fully saturated rings. The van der Waals surface area contributed by atoms with Crippen LogP contribution in [0.2, 0.25) is 0 Å². The van der Waals surface area contributed by atoms with Gasteiger partial charge in [-0.3, -0.25) is 0 Å². The van der Waals surface area contributed by atoms with E-state index < -0.39 is 17.5 Å². The van der Waals surface area contributed by atoms with E-state index in [1.165, 1.54) is 0 Å². The monoisotopic (exact) mass is 301 g/mol. The molecule has 1 aromatic rings. The van der Waals surface area contributed by atoms with Gasteiger partial charge in [0.2, 0.25) is 5.88 Å². The molecule has 1 heterocycles. The molecule has 0 saturated heterocycles. The highest BCUT2D eigenvalue weighted by Crippen LogP contribution is 2.25. The van der Waals surface area contributed by atoms with E-state index in [1.807, 2.05) is 0 Å². The number of carbonyl (C=O) groups is 2. The smallest absolute Gasteiger partial charge is 0.353 e. The average Bonchev–Trinajstić information content (AvgIpc) is 2.66. The van der Waals surface area contributed by atoms with E-state index in [2.05, 4.69) is 4.98 Å². The number of thiazole rings is 1. The number of rotatable bonds is 5. The second kappa shape index (κ2) is 6.69. The largest absolute Gasteiger partial charge is 0.464 e. The highest BCUT2D eigenvalue weighted by atomic mass is 32.1. The van der Waals surface area contributed by atoms with Crippen LogP contribution in [0.3, 0.4) is 0 Å². The molecule has 1 aromatic heterocycles. The predicted octanol–water partition coefficient (Wildman–Crippen LogP) is 2.35. The van der Waals surface area contributed by atoms with Gasteiger partial charge in [-0.25, -0.2) is 14.6 Å². The molecular formula is C13H19NO5S. The van der Waals surface area contributed by atoms with Crippen LogP contribution in [0.5, 0.6) is 5.88 Å². The van der Waals surface area contributed by atoms with Crippen molar-refractivity contribution >= 4 is 23.3 Å². The molecule has 0 aliphatic carbocycles. The molecule has 0 bridgehead atoms. The number of esters is 2. The van der Waals surface area contributed by atoms with Gasteiger partial charge in [-0.2, -0.15) is 0 Å². The van der Waals surface area contributed by atoms with Gasteiger partial charge in [-0.15, -0.1) is 11.3 Å². The van der Waals surface area contributed by atoms with Crippen molar-refractivity contribution < 1.29 is 23.8 Å². The first-order valence-electron chi connectivity index (χ1n) is 6.22. The Hall–Kier alpha value is -1.63. The van der Waals surface area contributed by atoms with Crippen molar-refractivity contribution in [1.29, 1.82) is 0 Å². The summed E-state index contributed by atoms with van der Waals surface area (Å²) in [6.45, 7) is 8.72. The number of hydrogen-bond acceptors (Lipinski definition) is 7. The standard InChI is InChI=1S/C13H19NO5S/c1-6-17-12(16)10-11(14-8(2)20-10)18-7-9(15)19-13(3,4)5/h6-7H2,1-5H3. The Labute approximate surface area is 122 Å². The average molecular weight is 301 g/mol. The van der Waals surface area contributed by atoms with Crippen LogP contribution in [0.4, 0.5) is 0 Å². The van der Waals surface area contributed by atoms with Gasteiger partial charge in [0, 0.05) is 0 Å². The molecule has 0 aliphatic rings. The number of ether oxygens (including phenoxy) is 3. The lowest BCUT2D eigenvalue weighted by Gasteiger charge is -2.19. The molecule has 1 rings (SSSR count). The van der Waals surface area contributed by atoms with E-state index in [9.17, 15) is 9.59 Å². The lowest BCUT2D eigenvalue weighted by Crippen LogP contribution is -2.27. The van der Waals surface area contributed by atoms with Gasteiger partial charge in [0.05, 0.1) is 11.6 Å². The molecule has 0 saturated carbocycles. The molecule has 6 nitrogen and oxygen atoms in total. The zero-order chi connectivity index (χ0) is 15.3. The molecule has 0 aliphatic heterocycles. The van der Waals surface area contributed by atoms with Crippen LogP contribution in [0, 0.1) is 6.92 Å². The predicted molar refractivity (Wildman–Crippen MR) is 74.1 cm³/mol. The maximum atomic E-state index is 11.7. The molecule has 112 valence electrons. The van der Waals surface area contributed by atoms with Crippen LogP contribution in [-0.2, 0) is 14.3 Å². The van der Waals surface area contributed by atoms with Crippen LogP contribution in [0.15, 0.2) is 0 Å². The summed E-state index contributed by atoms with van der Waals surface area (Å²) < 4.78 is 15.3. The normalized spacial score (nSPS) is 11.1. The van der Waals surface area contributed by atoms with E-state index in [0.717, 1.165) is 11.3 Å². The molecule has 7 heteroatoms. The van der Waals surface area contributed by atoms with E-state index in [1.54, 1.807) is 34.6 Å². The van der Waals surface area contributed by atoms with Crippen LogP contribution < -0.4 is 4.74 Å². The summed E-state index contributed by atoms with van der Waals surface area (Å²) in [7, 11) is 0. The van der Waals surface area contributed by atoms with Crippen molar-refractivity contribution in [2.45, 2.75) is 40.2 Å². The zero-order valence-electron chi connectivity index (χ0n) is 12.3. The molecular weight excluding hydrogens is 282 g/mol. The van der Waals surface area contributed by atoms with E-state index in [0.29, 0.717) is 5.01 Å². The third kappa shape index (κ3) is 5.16. The quantitative estimate of drug-likeness (QED) is 0.777. The fourth-order valence-electron chi connectivity index (χ4n) is 1.33. The van der Waals surface area contributed by atoms with Gasteiger partial charge < -0.3 is 14.2 Å². The molecule has 0 spiro atoms. The lowest BCUT2D eigenvalue weighted by atomic mass is 10.2. The summed E-state index contributed by atoms with van der Waals surface area (Å²) in [6, 6.07) is 0. The zero-order valence-corrected chi connectivity index (χ0v) is 13.1. The Balaban J connectivity index is 2.68. The van der Waals surface area contributed by atoms with Crippen molar-refractivity contribution in [3.8, 4) is 5.88 Å². The molecule has 0 aromatic carbocycles. The number of carbonyl (C=O) groups excluding carboxylic acids is 2.